The maximum Gasteiger partial charge on any atom is 0.123 e. The Morgan fingerprint density at radius 1 is 1.24 bits per heavy atom. The molecule has 0 bridgehead atoms. The van der Waals surface area contributed by atoms with Gasteiger partial charge in [-0.05, 0) is 37.6 Å². The number of thiazole rings is 1. The van der Waals surface area contributed by atoms with E-state index in [0.717, 1.165) is 41.6 Å². The van der Waals surface area contributed by atoms with Crippen molar-refractivity contribution in [2.45, 2.75) is 46.7 Å². The second kappa shape index (κ2) is 7.57. The molecule has 0 radical (unpaired) electrons. The molecule has 0 fully saturated rings. The lowest BCUT2D eigenvalue weighted by atomic mass is 10.2. The van der Waals surface area contributed by atoms with Gasteiger partial charge >= 0.3 is 0 Å². The van der Waals surface area contributed by atoms with E-state index in [-0.39, 0.29) is 0 Å². The van der Waals surface area contributed by atoms with Crippen LogP contribution in [0, 0.1) is 6.92 Å². The summed E-state index contributed by atoms with van der Waals surface area (Å²) in [5, 5.41) is 4.53. The zero-order chi connectivity index (χ0) is 15.2. The molecule has 2 aromatic rings. The number of aryl methyl sites for hydroxylation is 1. The minimum absolute atomic E-state index is 0.491. The largest absolute Gasteiger partial charge is 0.494 e. The zero-order valence-electron chi connectivity index (χ0n) is 13.3. The van der Waals surface area contributed by atoms with Crippen LogP contribution < -0.4 is 10.1 Å². The molecule has 0 aliphatic heterocycles. The molecule has 1 N–H and O–H groups in total. The van der Waals surface area contributed by atoms with E-state index in [0.29, 0.717) is 6.04 Å². The summed E-state index contributed by atoms with van der Waals surface area (Å²) in [4.78, 5) is 6.00. The van der Waals surface area contributed by atoms with Crippen LogP contribution in [0.15, 0.2) is 24.3 Å². The Labute approximate surface area is 131 Å². The van der Waals surface area contributed by atoms with Gasteiger partial charge in [0.1, 0.15) is 10.8 Å². The number of aromatic nitrogens is 1. The van der Waals surface area contributed by atoms with Gasteiger partial charge in [0.15, 0.2) is 0 Å². The smallest absolute Gasteiger partial charge is 0.123 e. The van der Waals surface area contributed by atoms with Crippen LogP contribution in [0.3, 0.4) is 0 Å². The zero-order valence-corrected chi connectivity index (χ0v) is 14.1. The molecule has 0 aliphatic rings. The van der Waals surface area contributed by atoms with Gasteiger partial charge in [-0.1, -0.05) is 20.8 Å². The molecule has 0 saturated heterocycles. The minimum atomic E-state index is 0.491. The predicted molar refractivity (Wildman–Crippen MR) is 90.0 cm³/mol. The number of ether oxygens (including phenoxy) is 1. The molecule has 0 aliphatic carbocycles. The Morgan fingerprint density at radius 2 is 1.95 bits per heavy atom. The minimum Gasteiger partial charge on any atom is -0.494 e. The van der Waals surface area contributed by atoms with Crippen LogP contribution in [0.25, 0.3) is 10.6 Å². The highest BCUT2D eigenvalue weighted by Crippen LogP contribution is 2.29. The van der Waals surface area contributed by atoms with Crippen molar-refractivity contribution in [1.82, 2.24) is 10.3 Å². The quantitative estimate of drug-likeness (QED) is 0.823. The van der Waals surface area contributed by atoms with E-state index >= 15 is 0 Å². The third-order valence-corrected chi connectivity index (χ3v) is 4.34. The van der Waals surface area contributed by atoms with Crippen LogP contribution in [0.4, 0.5) is 0 Å². The fourth-order valence-electron chi connectivity index (χ4n) is 1.93. The van der Waals surface area contributed by atoms with Crippen molar-refractivity contribution in [1.29, 1.82) is 0 Å². The fraction of sp³-hybridized carbons (Fsp3) is 0.471. The highest BCUT2D eigenvalue weighted by molar-refractivity contribution is 7.15. The molecule has 2 rings (SSSR count). The number of nitrogens with zero attached hydrogens (tertiary/aromatic N) is 1. The van der Waals surface area contributed by atoms with Crippen LogP contribution >= 0.6 is 11.3 Å². The third-order valence-electron chi connectivity index (χ3n) is 3.14. The summed E-state index contributed by atoms with van der Waals surface area (Å²) in [6, 6.07) is 8.71. The maximum absolute atomic E-state index is 5.61. The van der Waals surface area contributed by atoms with Crippen LogP contribution in [0.5, 0.6) is 5.75 Å². The van der Waals surface area contributed by atoms with Gasteiger partial charge in [-0.2, -0.15) is 0 Å². The molecular weight excluding hydrogens is 280 g/mol. The van der Waals surface area contributed by atoms with E-state index in [9.17, 15) is 0 Å². The normalized spacial score (nSPS) is 11.1. The molecule has 114 valence electrons. The lowest BCUT2D eigenvalue weighted by Crippen LogP contribution is -2.21. The van der Waals surface area contributed by atoms with Crippen molar-refractivity contribution in [2.75, 3.05) is 6.61 Å². The van der Waals surface area contributed by atoms with Gasteiger partial charge in [0.05, 0.1) is 12.3 Å². The average molecular weight is 304 g/mol. The van der Waals surface area contributed by atoms with Gasteiger partial charge in [0, 0.05) is 23.0 Å². The summed E-state index contributed by atoms with van der Waals surface area (Å²) in [5.74, 6) is 0.926. The van der Waals surface area contributed by atoms with E-state index in [2.05, 4.69) is 50.1 Å². The molecule has 1 heterocycles. The Morgan fingerprint density at radius 3 is 2.57 bits per heavy atom. The van der Waals surface area contributed by atoms with Crippen molar-refractivity contribution in [2.24, 2.45) is 0 Å². The summed E-state index contributed by atoms with van der Waals surface area (Å²) in [6.45, 7) is 10.2. The van der Waals surface area contributed by atoms with Crippen LogP contribution in [-0.2, 0) is 6.54 Å². The molecule has 0 amide bonds. The van der Waals surface area contributed by atoms with Gasteiger partial charge < -0.3 is 10.1 Å². The Bertz CT molecular complexity index is 561. The summed E-state index contributed by atoms with van der Waals surface area (Å²) in [7, 11) is 0. The number of benzene rings is 1. The lowest BCUT2D eigenvalue weighted by Gasteiger charge is -2.06. The molecule has 21 heavy (non-hydrogen) atoms. The molecule has 0 spiro atoms. The Kier molecular flexibility index (Phi) is 5.76. The number of hydrogen-bond acceptors (Lipinski definition) is 4. The summed E-state index contributed by atoms with van der Waals surface area (Å²) in [5.41, 5.74) is 2.28. The summed E-state index contributed by atoms with van der Waals surface area (Å²) >= 11 is 1.76. The van der Waals surface area contributed by atoms with E-state index in [1.807, 2.05) is 12.1 Å². The van der Waals surface area contributed by atoms with E-state index in [1.54, 1.807) is 11.3 Å². The standard InChI is InChI=1S/C17H24N2OS/c1-5-10-20-15-8-6-14(7-9-15)17-19-13(4)16(21-17)11-18-12(2)3/h6-9,12,18H,5,10-11H2,1-4H3. The Balaban J connectivity index is 2.09. The van der Waals surface area contributed by atoms with Gasteiger partial charge in [-0.3, -0.25) is 0 Å². The van der Waals surface area contributed by atoms with Crippen LogP contribution in [-0.4, -0.2) is 17.6 Å². The first-order chi connectivity index (χ1) is 10.1. The average Bonchev–Trinajstić information content (AvgIpc) is 2.84. The van der Waals surface area contributed by atoms with Crippen LogP contribution in [0.1, 0.15) is 37.8 Å². The van der Waals surface area contributed by atoms with Crippen molar-refractivity contribution in [3.63, 3.8) is 0 Å². The molecule has 0 atom stereocenters. The van der Waals surface area contributed by atoms with Crippen molar-refractivity contribution >= 4 is 11.3 Å². The van der Waals surface area contributed by atoms with Gasteiger partial charge in [0.2, 0.25) is 0 Å². The number of nitrogens with one attached hydrogen (secondary N) is 1. The highest BCUT2D eigenvalue weighted by Gasteiger charge is 2.09. The predicted octanol–water partition coefficient (Wildman–Crippen LogP) is 4.41. The number of hydrogen-bond donors (Lipinski definition) is 1. The maximum atomic E-state index is 5.61. The first kappa shape index (κ1) is 16.0. The monoisotopic (exact) mass is 304 g/mol. The van der Waals surface area contributed by atoms with Crippen LogP contribution in [0.2, 0.25) is 0 Å². The molecule has 1 aromatic carbocycles. The summed E-state index contributed by atoms with van der Waals surface area (Å²) in [6.07, 6.45) is 1.03. The Hall–Kier alpha value is -1.39. The molecule has 1 aromatic heterocycles. The molecule has 0 saturated carbocycles. The molecule has 0 unspecified atom stereocenters. The second-order valence-corrected chi connectivity index (χ2v) is 6.52. The first-order valence-corrected chi connectivity index (χ1v) is 8.34. The summed E-state index contributed by atoms with van der Waals surface area (Å²) < 4.78 is 5.61. The van der Waals surface area contributed by atoms with E-state index in [1.165, 1.54) is 4.88 Å². The molecular formula is C17H24N2OS. The fourth-order valence-corrected chi connectivity index (χ4v) is 2.94. The lowest BCUT2D eigenvalue weighted by molar-refractivity contribution is 0.317. The topological polar surface area (TPSA) is 34.1 Å². The first-order valence-electron chi connectivity index (χ1n) is 7.53. The van der Waals surface area contributed by atoms with Crippen molar-refractivity contribution in [3.8, 4) is 16.3 Å². The molecule has 3 nitrogen and oxygen atoms in total. The van der Waals surface area contributed by atoms with Crippen molar-refractivity contribution < 1.29 is 4.74 Å². The molecule has 4 heteroatoms. The van der Waals surface area contributed by atoms with E-state index < -0.39 is 0 Å². The van der Waals surface area contributed by atoms with E-state index in [4.69, 9.17) is 4.74 Å². The van der Waals surface area contributed by atoms with Crippen molar-refractivity contribution in [3.05, 3.63) is 34.8 Å². The number of rotatable bonds is 7. The second-order valence-electron chi connectivity index (χ2n) is 5.44. The highest BCUT2D eigenvalue weighted by atomic mass is 32.1. The van der Waals surface area contributed by atoms with Gasteiger partial charge in [-0.25, -0.2) is 4.98 Å². The van der Waals surface area contributed by atoms with Gasteiger partial charge in [0.25, 0.3) is 0 Å². The third kappa shape index (κ3) is 4.55. The SMILES string of the molecule is CCCOc1ccc(-c2nc(C)c(CNC(C)C)s2)cc1. The van der Waals surface area contributed by atoms with Gasteiger partial charge in [-0.15, -0.1) is 11.3 Å².